The Balaban J connectivity index is 0.000000208. The summed E-state index contributed by atoms with van der Waals surface area (Å²) in [5.74, 6) is -3.42. The van der Waals surface area contributed by atoms with Crippen LogP contribution in [0.5, 0.6) is 0 Å². The van der Waals surface area contributed by atoms with E-state index >= 15 is 0 Å². The van der Waals surface area contributed by atoms with Crippen molar-refractivity contribution in [1.82, 2.24) is 30.5 Å². The maximum absolute atomic E-state index is 13.5. The summed E-state index contributed by atoms with van der Waals surface area (Å²) in [6, 6.07) is 10.6. The molecule has 3 atom stereocenters. The Bertz CT molecular complexity index is 4760. The second-order valence-electron chi connectivity index (χ2n) is 29.9. The average molecular weight is 1620 g/mol. The number of sulfonamides is 6. The molecule has 594 valence electrons. The van der Waals surface area contributed by atoms with E-state index in [0.29, 0.717) is 63.7 Å². The number of hydrogen-bond acceptors (Lipinski definition) is 27. The Hall–Kier alpha value is -8.10. The van der Waals surface area contributed by atoms with Crippen LogP contribution in [0.25, 0.3) is 0 Å². The fourth-order valence-corrected chi connectivity index (χ4v) is 17.1. The minimum Gasteiger partial charge on any atom is -0.510 e. The van der Waals surface area contributed by atoms with Crippen molar-refractivity contribution in [2.24, 2.45) is 29.4 Å². The minimum absolute atomic E-state index is 0.0283. The first-order valence-electron chi connectivity index (χ1n) is 33.9. The van der Waals surface area contributed by atoms with Crippen molar-refractivity contribution in [3.8, 4) is 0 Å². The summed E-state index contributed by atoms with van der Waals surface area (Å²) in [6.45, 7) is 22.7. The number of carbonyl (C=O) groups is 5. The molecule has 42 heteroatoms. The molecule has 0 bridgehead atoms. The van der Waals surface area contributed by atoms with E-state index in [9.17, 15) is 79.6 Å². The van der Waals surface area contributed by atoms with Crippen LogP contribution < -0.4 is 35.5 Å². The van der Waals surface area contributed by atoms with Gasteiger partial charge in [0.05, 0.1) is 62.5 Å². The number of nitrogens with zero attached hydrogens (tertiary/aromatic N) is 8. The summed E-state index contributed by atoms with van der Waals surface area (Å²) in [4.78, 5) is 60.7. The van der Waals surface area contributed by atoms with Gasteiger partial charge in [0.15, 0.2) is 5.84 Å². The molecule has 10 rings (SSSR count). The summed E-state index contributed by atoms with van der Waals surface area (Å²) >= 11 is 0. The average Bonchev–Trinajstić information content (AvgIpc) is 1.73. The third-order valence-electron chi connectivity index (χ3n) is 17.0. The molecule has 107 heavy (non-hydrogen) atoms. The number of carbonyl (C=O) groups excluding carboxylic acids is 4. The molecule has 3 aromatic carbocycles. The zero-order valence-electron chi connectivity index (χ0n) is 62.1. The van der Waals surface area contributed by atoms with Crippen LogP contribution in [0.1, 0.15) is 133 Å². The van der Waals surface area contributed by atoms with E-state index in [1.807, 2.05) is 30.8 Å². The third-order valence-corrected chi connectivity index (χ3v) is 22.8. The molecule has 0 radical (unpaired) electrons. The number of rotatable bonds is 21. The Kier molecular flexibility index (Phi) is 27.2. The number of amidine groups is 3. The number of aliphatic hydroxyl groups excluding tert-OH is 1. The largest absolute Gasteiger partial charge is 0.510 e. The Morgan fingerprint density at radius 3 is 1.48 bits per heavy atom. The molecule has 9 N–H and O–H groups in total. The van der Waals surface area contributed by atoms with Gasteiger partial charge >= 0.3 is 17.9 Å². The van der Waals surface area contributed by atoms with E-state index in [1.165, 1.54) is 61.7 Å². The number of hydrogen-bond donors (Lipinski definition) is 9. The highest BCUT2D eigenvalue weighted by Crippen LogP contribution is 2.39. The van der Waals surface area contributed by atoms with Gasteiger partial charge in [0, 0.05) is 56.3 Å². The zero-order valence-corrected chi connectivity index (χ0v) is 67.0. The number of aliphatic carboxylic acids is 1. The van der Waals surface area contributed by atoms with Gasteiger partial charge in [-0.25, -0.2) is 40.3 Å². The molecule has 7 heterocycles. The second-order valence-corrected chi connectivity index (χ2v) is 39.9. The smallest absolute Gasteiger partial charge is 0.324 e. The van der Waals surface area contributed by atoms with Crippen LogP contribution in [0.2, 0.25) is 0 Å². The molecule has 7 aliphatic rings. The number of aliphatic hydroxyl groups is 1. The molecule has 2 amide bonds. The molecule has 0 saturated carbocycles. The quantitative estimate of drug-likeness (QED) is 0.0600. The molecular weight excluding hydrogens is 1520 g/mol. The fourth-order valence-electron chi connectivity index (χ4n) is 12.0. The lowest BCUT2D eigenvalue weighted by atomic mass is 9.92. The highest BCUT2D eigenvalue weighted by Gasteiger charge is 2.46. The molecule has 3 fully saturated rings. The van der Waals surface area contributed by atoms with Gasteiger partial charge in [-0.15, -0.1) is 13.2 Å². The van der Waals surface area contributed by atoms with E-state index in [1.54, 1.807) is 10.0 Å². The number of carboxylic acid groups (broad SMARTS) is 1. The molecular formula is C65H97N15O21S6. The van der Waals surface area contributed by atoms with Crippen LogP contribution >= 0.6 is 0 Å². The molecule has 3 unspecified atom stereocenters. The van der Waals surface area contributed by atoms with Crippen LogP contribution in [0.4, 0.5) is 34.1 Å². The highest BCUT2D eigenvalue weighted by molar-refractivity contribution is 7.93. The van der Waals surface area contributed by atoms with Gasteiger partial charge in [-0.1, -0.05) is 62.3 Å². The summed E-state index contributed by atoms with van der Waals surface area (Å²) in [5.41, 5.74) is 4.05. The van der Waals surface area contributed by atoms with Gasteiger partial charge in [0.2, 0.25) is 36.0 Å². The fraction of sp³-hybridized carbons (Fsp3) is 0.569. The van der Waals surface area contributed by atoms with Gasteiger partial charge in [0.25, 0.3) is 36.0 Å². The summed E-state index contributed by atoms with van der Waals surface area (Å²) in [5, 5.41) is 36.6. The van der Waals surface area contributed by atoms with Crippen LogP contribution in [0.15, 0.2) is 93.8 Å². The number of amides is 2. The first-order chi connectivity index (χ1) is 49.3. The monoisotopic (exact) mass is 1620 g/mol. The molecule has 0 spiro atoms. The summed E-state index contributed by atoms with van der Waals surface area (Å²) in [6.07, 6.45) is 9.04. The Morgan fingerprint density at radius 2 is 1.02 bits per heavy atom. The lowest BCUT2D eigenvalue weighted by Crippen LogP contribution is -2.56. The zero-order chi connectivity index (χ0) is 80.0. The van der Waals surface area contributed by atoms with Gasteiger partial charge < -0.3 is 35.6 Å². The van der Waals surface area contributed by atoms with Gasteiger partial charge in [-0.05, 0) is 129 Å². The lowest BCUT2D eigenvalue weighted by Gasteiger charge is -2.41. The first kappa shape index (κ1) is 86.1. The van der Waals surface area contributed by atoms with Gasteiger partial charge in [-0.3, -0.25) is 53.6 Å². The number of ether oxygens (including phenoxy) is 2. The van der Waals surface area contributed by atoms with E-state index in [0.717, 1.165) is 69.7 Å². The van der Waals surface area contributed by atoms with Crippen molar-refractivity contribution >= 4 is 141 Å². The van der Waals surface area contributed by atoms with Crippen LogP contribution in [-0.2, 0) is 93.6 Å². The summed E-state index contributed by atoms with van der Waals surface area (Å²) in [7, 11) is -20.6. The van der Waals surface area contributed by atoms with Crippen LogP contribution in [0, 0.1) is 16.2 Å². The van der Waals surface area contributed by atoms with Crippen LogP contribution in [-0.4, -0.2) is 223 Å². The van der Waals surface area contributed by atoms with Gasteiger partial charge in [0.1, 0.15) is 56.2 Å². The third kappa shape index (κ3) is 24.4. The Morgan fingerprint density at radius 1 is 0.589 bits per heavy atom. The number of benzene rings is 3. The highest BCUT2D eigenvalue weighted by atomic mass is 32.2. The molecule has 7 aliphatic heterocycles. The topological polar surface area (TPSA) is 487 Å². The Labute approximate surface area is 625 Å². The van der Waals surface area contributed by atoms with Crippen molar-refractivity contribution in [3.05, 3.63) is 65.9 Å². The maximum Gasteiger partial charge on any atom is 0.324 e. The van der Waals surface area contributed by atoms with Gasteiger partial charge in [-0.2, -0.15) is 25.3 Å². The number of fused-ring (bicyclic) bond motifs is 4. The number of carboxylic acids is 1. The maximum atomic E-state index is 13.5. The number of methoxy groups -OCH3 is 2. The minimum atomic E-state index is -4.28. The van der Waals surface area contributed by atoms with Crippen molar-refractivity contribution in [3.63, 3.8) is 0 Å². The SMILES string of the molecule is CC(C)(C)CCN1C(=O)C(C2=NS(=O)(=O)c3cc(NS(C)(=O)=O)ccc3N2)=C(O)C2CCCN21.COC(=O)C1CCCN1N(CCC(C)(C)C)C(=O)CC1=NS(=O)(=O)c2cc(NS(C)(=O)=O)ccc2N1.COC(=O)C1CCCN1NCCC(C)(C)C.CS(=O)(=O)Nc1ccc2c(c1)S(=O)(=O)N=C(CC(=O)O)N2. The normalized spacial score (nSPS) is 20.4. The number of nitrogens with one attached hydrogen (secondary N) is 7. The van der Waals surface area contributed by atoms with E-state index in [4.69, 9.17) is 14.6 Å². The van der Waals surface area contributed by atoms with E-state index in [-0.39, 0.29) is 107 Å². The molecule has 36 nitrogen and oxygen atoms in total. The van der Waals surface area contributed by atoms with Crippen molar-refractivity contribution in [2.75, 3.05) is 102 Å². The van der Waals surface area contributed by atoms with E-state index < -0.39 is 102 Å². The number of anilines is 6. The molecule has 0 aliphatic carbocycles. The first-order valence-corrected chi connectivity index (χ1v) is 43.9. The second kappa shape index (κ2) is 33.8. The van der Waals surface area contributed by atoms with Crippen molar-refractivity contribution in [1.29, 1.82) is 0 Å². The predicted molar refractivity (Wildman–Crippen MR) is 403 cm³/mol. The number of hydrazine groups is 3. The molecule has 3 saturated heterocycles. The predicted octanol–water partition coefficient (Wildman–Crippen LogP) is 5.43. The standard InChI is InChI=1S/C22H33N5O7S2.C21H29N5O6S2.C12H24N2O2.C10H11N3O6S2/c1-22(2,3)10-12-27(26-11-6-7-17(26)21(29)34-4)20(28)14-19-23-16-9-8-15(24-35(5,30)31)13-18(16)36(32,33)25-19;1-21(2,3)9-11-26-20(28)17(18(27)15-6-5-10-25(15)26)19-22-14-8-7-13(23-33(4,29)30)12-16(14)34(31,32)24-19;1-12(2,3)7-8-13-14-9-5-6-10(14)11(15)16-4;1-20(16,17)12-6-2-3-7-8(4-6)21(18,19)13-9(11-7)5-10(14)15/h8-9,13,17,24H,6-7,10-12,14H2,1-5H3,(H,23,25);7-8,12,15,23,27H,5-6,9-11H2,1-4H3,(H,22,24);10,13H,5-9H2,1-4H3;2-4,12H,5H2,1H3,(H,11,13)(H,14,15). The molecule has 3 aromatic rings. The molecule has 0 aromatic heterocycles. The lowest BCUT2D eigenvalue weighted by molar-refractivity contribution is -0.162. The van der Waals surface area contributed by atoms with Crippen LogP contribution in [0.3, 0.4) is 0 Å². The van der Waals surface area contributed by atoms with Crippen molar-refractivity contribution < 1.29 is 94.2 Å². The van der Waals surface area contributed by atoms with E-state index in [2.05, 4.69) is 90.3 Å². The number of esters is 2. The van der Waals surface area contributed by atoms with Crippen molar-refractivity contribution in [2.45, 2.75) is 166 Å². The summed E-state index contributed by atoms with van der Waals surface area (Å²) < 4.78 is 171.